The van der Waals surface area contributed by atoms with Gasteiger partial charge in [-0.15, -0.1) is 0 Å². The molecule has 1 saturated heterocycles. The zero-order valence-electron chi connectivity index (χ0n) is 17.6. The van der Waals surface area contributed by atoms with Crippen LogP contribution >= 0.6 is 0 Å². The second-order valence-electron chi connectivity index (χ2n) is 7.91. The van der Waals surface area contributed by atoms with Crippen LogP contribution in [0.25, 0.3) is 0 Å². The predicted octanol–water partition coefficient (Wildman–Crippen LogP) is 3.82. The molecule has 1 heterocycles. The molecule has 0 radical (unpaired) electrons. The summed E-state index contributed by atoms with van der Waals surface area (Å²) in [6.07, 6.45) is 2.57. The van der Waals surface area contributed by atoms with Gasteiger partial charge in [-0.2, -0.15) is 5.26 Å². The number of piperidine rings is 1. The Morgan fingerprint density at radius 2 is 1.73 bits per heavy atom. The molecule has 6 nitrogen and oxygen atoms in total. The summed E-state index contributed by atoms with van der Waals surface area (Å²) in [4.78, 5) is 14.6. The Kier molecular flexibility index (Phi) is 8.10. The van der Waals surface area contributed by atoms with Gasteiger partial charge in [-0.05, 0) is 60.7 Å². The van der Waals surface area contributed by atoms with Gasteiger partial charge in [-0.3, -0.25) is 4.90 Å². The standard InChI is InChI=1S/C24H30N4O2/c1-19-9-12-28(13-10-19)18-21-7-5-20(6-8-21)16-26-24(29)27-17-22-3-2-4-23(15-22)30-14-11-25/h2-8,15,19H,9-10,12-14,16-18H2,1H3,(H2,26,27,29). The lowest BCUT2D eigenvalue weighted by atomic mass is 9.99. The number of hydrogen-bond donors (Lipinski definition) is 2. The largest absolute Gasteiger partial charge is 0.479 e. The first kappa shape index (κ1) is 21.7. The second kappa shape index (κ2) is 11.2. The van der Waals surface area contributed by atoms with Crippen molar-refractivity contribution in [3.8, 4) is 11.8 Å². The molecular formula is C24H30N4O2. The summed E-state index contributed by atoms with van der Waals surface area (Å²) in [5.41, 5.74) is 3.31. The molecule has 0 bridgehead atoms. The highest BCUT2D eigenvalue weighted by Crippen LogP contribution is 2.18. The van der Waals surface area contributed by atoms with Crippen molar-refractivity contribution in [1.82, 2.24) is 15.5 Å². The average Bonchev–Trinajstić information content (AvgIpc) is 2.77. The van der Waals surface area contributed by atoms with Crippen molar-refractivity contribution in [3.63, 3.8) is 0 Å². The number of urea groups is 1. The van der Waals surface area contributed by atoms with E-state index >= 15 is 0 Å². The van der Waals surface area contributed by atoms with Crippen molar-refractivity contribution in [3.05, 3.63) is 65.2 Å². The van der Waals surface area contributed by atoms with Crippen molar-refractivity contribution < 1.29 is 9.53 Å². The summed E-state index contributed by atoms with van der Waals surface area (Å²) in [6.45, 7) is 6.57. The number of carbonyl (C=O) groups excluding carboxylic acids is 1. The third kappa shape index (κ3) is 7.09. The van der Waals surface area contributed by atoms with Crippen LogP contribution in [0.15, 0.2) is 48.5 Å². The van der Waals surface area contributed by atoms with E-state index in [9.17, 15) is 4.79 Å². The summed E-state index contributed by atoms with van der Waals surface area (Å²) < 4.78 is 5.28. The summed E-state index contributed by atoms with van der Waals surface area (Å²) in [7, 11) is 0. The maximum absolute atomic E-state index is 12.1. The molecule has 0 saturated carbocycles. The number of rotatable bonds is 8. The van der Waals surface area contributed by atoms with Gasteiger partial charge in [-0.25, -0.2) is 4.79 Å². The first-order valence-electron chi connectivity index (χ1n) is 10.5. The monoisotopic (exact) mass is 406 g/mol. The fraction of sp³-hybridized carbons (Fsp3) is 0.417. The van der Waals surface area contributed by atoms with Crippen LogP contribution in [0.3, 0.4) is 0 Å². The predicted molar refractivity (Wildman–Crippen MR) is 117 cm³/mol. The molecule has 1 aliphatic heterocycles. The summed E-state index contributed by atoms with van der Waals surface area (Å²) in [5.74, 6) is 1.47. The minimum Gasteiger partial charge on any atom is -0.479 e. The summed E-state index contributed by atoms with van der Waals surface area (Å²) in [5, 5.41) is 14.3. The van der Waals surface area contributed by atoms with Gasteiger partial charge in [0.05, 0.1) is 0 Å². The Labute approximate surface area is 178 Å². The number of likely N-dealkylation sites (tertiary alicyclic amines) is 1. The molecular weight excluding hydrogens is 376 g/mol. The molecule has 0 unspecified atom stereocenters. The van der Waals surface area contributed by atoms with Crippen molar-refractivity contribution in [2.24, 2.45) is 5.92 Å². The van der Waals surface area contributed by atoms with Crippen LogP contribution in [0.2, 0.25) is 0 Å². The van der Waals surface area contributed by atoms with Crippen LogP contribution in [0, 0.1) is 17.2 Å². The lowest BCUT2D eigenvalue weighted by molar-refractivity contribution is 0.185. The molecule has 0 atom stereocenters. The van der Waals surface area contributed by atoms with Gasteiger partial charge in [0.25, 0.3) is 0 Å². The topological polar surface area (TPSA) is 77.4 Å². The van der Waals surface area contributed by atoms with Gasteiger partial charge >= 0.3 is 6.03 Å². The fourth-order valence-electron chi connectivity index (χ4n) is 3.53. The molecule has 2 aromatic carbocycles. The molecule has 1 aliphatic rings. The van der Waals surface area contributed by atoms with Crippen LogP contribution in [-0.2, 0) is 19.6 Å². The van der Waals surface area contributed by atoms with E-state index in [0.29, 0.717) is 18.8 Å². The van der Waals surface area contributed by atoms with Gasteiger partial charge in [0, 0.05) is 19.6 Å². The highest BCUT2D eigenvalue weighted by atomic mass is 16.5. The number of carbonyl (C=O) groups is 1. The van der Waals surface area contributed by atoms with Crippen LogP contribution in [0.4, 0.5) is 4.79 Å². The van der Waals surface area contributed by atoms with E-state index in [1.54, 1.807) is 6.07 Å². The molecule has 2 amide bonds. The molecule has 1 fully saturated rings. The molecule has 0 spiro atoms. The smallest absolute Gasteiger partial charge is 0.315 e. The van der Waals surface area contributed by atoms with E-state index in [4.69, 9.17) is 10.00 Å². The molecule has 2 N–H and O–H groups in total. The number of hydrogen-bond acceptors (Lipinski definition) is 4. The minimum absolute atomic E-state index is 0.00734. The van der Waals surface area contributed by atoms with Crippen molar-refractivity contribution >= 4 is 6.03 Å². The highest BCUT2D eigenvalue weighted by Gasteiger charge is 2.15. The third-order valence-electron chi connectivity index (χ3n) is 5.41. The van der Waals surface area contributed by atoms with E-state index in [1.165, 1.54) is 31.5 Å². The van der Waals surface area contributed by atoms with Gasteiger partial charge in [0.15, 0.2) is 6.61 Å². The number of amides is 2. The van der Waals surface area contributed by atoms with Gasteiger partial charge in [0.1, 0.15) is 11.8 Å². The molecule has 0 aromatic heterocycles. The Morgan fingerprint density at radius 1 is 1.07 bits per heavy atom. The van der Waals surface area contributed by atoms with Crippen LogP contribution in [0.1, 0.15) is 36.5 Å². The SMILES string of the molecule is CC1CCN(Cc2ccc(CNC(=O)NCc3cccc(OCC#N)c3)cc2)CC1. The number of nitrogens with one attached hydrogen (secondary N) is 2. The van der Waals surface area contributed by atoms with Gasteiger partial charge in [0.2, 0.25) is 0 Å². The summed E-state index contributed by atoms with van der Waals surface area (Å²) in [6, 6.07) is 17.5. The van der Waals surface area contributed by atoms with Crippen molar-refractivity contribution in [2.45, 2.75) is 39.4 Å². The normalized spacial score (nSPS) is 14.7. The van der Waals surface area contributed by atoms with E-state index in [0.717, 1.165) is 23.6 Å². The van der Waals surface area contributed by atoms with E-state index in [2.05, 4.69) is 46.7 Å². The second-order valence-corrected chi connectivity index (χ2v) is 7.91. The Morgan fingerprint density at radius 3 is 2.43 bits per heavy atom. The number of nitriles is 1. The molecule has 0 aliphatic carbocycles. The number of nitrogens with zero attached hydrogens (tertiary/aromatic N) is 2. The maximum Gasteiger partial charge on any atom is 0.315 e. The van der Waals surface area contributed by atoms with E-state index in [1.807, 2.05) is 24.3 Å². The highest BCUT2D eigenvalue weighted by molar-refractivity contribution is 5.73. The van der Waals surface area contributed by atoms with Crippen molar-refractivity contribution in [2.75, 3.05) is 19.7 Å². The van der Waals surface area contributed by atoms with Crippen molar-refractivity contribution in [1.29, 1.82) is 5.26 Å². The van der Waals surface area contributed by atoms with Gasteiger partial charge in [-0.1, -0.05) is 43.3 Å². The lowest BCUT2D eigenvalue weighted by Crippen LogP contribution is -2.34. The quantitative estimate of drug-likeness (QED) is 0.699. The Hall–Kier alpha value is -3.04. The molecule has 2 aromatic rings. The van der Waals surface area contributed by atoms with Crippen LogP contribution < -0.4 is 15.4 Å². The molecule has 6 heteroatoms. The van der Waals surface area contributed by atoms with E-state index in [-0.39, 0.29) is 12.6 Å². The first-order valence-corrected chi connectivity index (χ1v) is 10.5. The fourth-order valence-corrected chi connectivity index (χ4v) is 3.53. The minimum atomic E-state index is -0.218. The van der Waals surface area contributed by atoms with Crippen LogP contribution in [-0.4, -0.2) is 30.6 Å². The average molecular weight is 407 g/mol. The van der Waals surface area contributed by atoms with Gasteiger partial charge < -0.3 is 15.4 Å². The maximum atomic E-state index is 12.1. The number of ether oxygens (including phenoxy) is 1. The van der Waals surface area contributed by atoms with E-state index < -0.39 is 0 Å². The first-order chi connectivity index (χ1) is 14.6. The summed E-state index contributed by atoms with van der Waals surface area (Å²) >= 11 is 0. The third-order valence-corrected chi connectivity index (χ3v) is 5.41. The van der Waals surface area contributed by atoms with Crippen LogP contribution in [0.5, 0.6) is 5.75 Å². The molecule has 30 heavy (non-hydrogen) atoms. The Balaban J connectivity index is 1.39. The molecule has 3 rings (SSSR count). The zero-order valence-corrected chi connectivity index (χ0v) is 17.6. The Bertz CT molecular complexity index is 852. The molecule has 158 valence electrons. The number of benzene rings is 2. The lowest BCUT2D eigenvalue weighted by Gasteiger charge is -2.30. The zero-order chi connectivity index (χ0) is 21.2.